The smallest absolute Gasteiger partial charge is 0.409 e. The summed E-state index contributed by atoms with van der Waals surface area (Å²) >= 11 is 0. The number of nitrogens with zero attached hydrogens (tertiary/aromatic N) is 1. The zero-order valence-corrected chi connectivity index (χ0v) is 15.9. The molecule has 1 rings (SSSR count). The van der Waals surface area contributed by atoms with Gasteiger partial charge in [0, 0.05) is 12.6 Å². The Morgan fingerprint density at radius 3 is 2.36 bits per heavy atom. The molecule has 1 unspecified atom stereocenters. The van der Waals surface area contributed by atoms with Crippen LogP contribution >= 0.6 is 0 Å². The molecule has 0 aliphatic heterocycles. The number of benzene rings is 1. The second-order valence-corrected chi connectivity index (χ2v) is 7.49. The summed E-state index contributed by atoms with van der Waals surface area (Å²) in [6, 6.07) is 5.68. The van der Waals surface area contributed by atoms with E-state index in [2.05, 4.69) is 6.58 Å². The van der Waals surface area contributed by atoms with Gasteiger partial charge in [0.25, 0.3) is 0 Å². The van der Waals surface area contributed by atoms with Gasteiger partial charge in [0.05, 0.1) is 12.7 Å². The maximum atomic E-state index is 13.2. The molecule has 1 aromatic rings. The number of hydrogen-bond donors (Lipinski definition) is 1. The van der Waals surface area contributed by atoms with E-state index in [9.17, 15) is 14.3 Å². The van der Waals surface area contributed by atoms with E-state index in [0.29, 0.717) is 24.9 Å². The number of rotatable bonds is 7. The van der Waals surface area contributed by atoms with E-state index in [1.807, 2.05) is 27.7 Å². The van der Waals surface area contributed by atoms with Gasteiger partial charge in [-0.25, -0.2) is 9.18 Å². The molecule has 1 N–H and O–H groups in total. The van der Waals surface area contributed by atoms with E-state index < -0.39 is 11.7 Å². The molecule has 0 heterocycles. The molecule has 0 saturated carbocycles. The van der Waals surface area contributed by atoms with Gasteiger partial charge in [0.2, 0.25) is 0 Å². The molecule has 1 amide bonds. The summed E-state index contributed by atoms with van der Waals surface area (Å²) in [4.78, 5) is 13.8. The van der Waals surface area contributed by atoms with Crippen molar-refractivity contribution < 1.29 is 19.0 Å². The van der Waals surface area contributed by atoms with E-state index in [-0.39, 0.29) is 17.3 Å². The zero-order chi connectivity index (χ0) is 19.3. The average Bonchev–Trinajstić information content (AvgIpc) is 2.54. The first-order valence-corrected chi connectivity index (χ1v) is 8.49. The summed E-state index contributed by atoms with van der Waals surface area (Å²) in [5.41, 5.74) is -0.762. The standard InChI is InChI=1S/C20H30FNO3/c1-7-12-20(24,16-8-10-17(21)11-9-16)13-14-22(18(23)25-6)15(2)19(3,4)5/h7-11,15,24H,1,12-14H2,2-6H3/t15-,20?/m0/s1. The molecule has 5 heteroatoms. The molecule has 140 valence electrons. The molecule has 0 spiro atoms. The number of hydrogen-bond acceptors (Lipinski definition) is 3. The van der Waals surface area contributed by atoms with Gasteiger partial charge in [-0.2, -0.15) is 0 Å². The van der Waals surface area contributed by atoms with Crippen LogP contribution in [0.1, 0.15) is 46.1 Å². The molecule has 0 radical (unpaired) electrons. The topological polar surface area (TPSA) is 49.8 Å². The number of aliphatic hydroxyl groups is 1. The minimum absolute atomic E-state index is 0.0823. The average molecular weight is 351 g/mol. The van der Waals surface area contributed by atoms with Crippen LogP contribution < -0.4 is 0 Å². The number of carbonyl (C=O) groups excluding carboxylic acids is 1. The van der Waals surface area contributed by atoms with E-state index in [1.54, 1.807) is 23.1 Å². The quantitative estimate of drug-likeness (QED) is 0.737. The van der Waals surface area contributed by atoms with Crippen molar-refractivity contribution in [2.75, 3.05) is 13.7 Å². The summed E-state index contributed by atoms with van der Waals surface area (Å²) in [6.45, 7) is 12.1. The van der Waals surface area contributed by atoms with Crippen LogP contribution in [0.25, 0.3) is 0 Å². The molecule has 0 fully saturated rings. The number of halogens is 1. The molecule has 0 aliphatic carbocycles. The SMILES string of the molecule is C=CCC(O)(CCN(C(=O)OC)[C@@H](C)C(C)(C)C)c1ccc(F)cc1. The van der Waals surface area contributed by atoms with Crippen LogP contribution in [0, 0.1) is 11.2 Å². The fraction of sp³-hybridized carbons (Fsp3) is 0.550. The van der Waals surface area contributed by atoms with Crippen LogP contribution in [0.15, 0.2) is 36.9 Å². The highest BCUT2D eigenvalue weighted by Crippen LogP contribution is 2.32. The van der Waals surface area contributed by atoms with Crippen molar-refractivity contribution in [1.29, 1.82) is 0 Å². The number of carbonyl (C=O) groups is 1. The van der Waals surface area contributed by atoms with Gasteiger partial charge in [0.1, 0.15) is 5.82 Å². The third-order valence-electron chi connectivity index (χ3n) is 4.76. The van der Waals surface area contributed by atoms with Gasteiger partial charge in [0.15, 0.2) is 0 Å². The Morgan fingerprint density at radius 2 is 1.92 bits per heavy atom. The number of ether oxygens (including phenoxy) is 1. The first-order chi connectivity index (χ1) is 11.5. The minimum atomic E-state index is -1.22. The Labute approximate surface area is 150 Å². The lowest BCUT2D eigenvalue weighted by molar-refractivity contribution is 0.00839. The lowest BCUT2D eigenvalue weighted by Crippen LogP contribution is -2.47. The van der Waals surface area contributed by atoms with Crippen LogP contribution in [0.2, 0.25) is 0 Å². The van der Waals surface area contributed by atoms with Crippen molar-refractivity contribution >= 4 is 6.09 Å². The van der Waals surface area contributed by atoms with Gasteiger partial charge < -0.3 is 14.7 Å². The molecule has 0 bridgehead atoms. The zero-order valence-electron chi connectivity index (χ0n) is 15.9. The van der Waals surface area contributed by atoms with E-state index >= 15 is 0 Å². The first-order valence-electron chi connectivity index (χ1n) is 8.49. The molecule has 25 heavy (non-hydrogen) atoms. The fourth-order valence-corrected chi connectivity index (χ4v) is 2.70. The molecule has 0 aromatic heterocycles. The van der Waals surface area contributed by atoms with Crippen LogP contribution in [0.4, 0.5) is 9.18 Å². The lowest BCUT2D eigenvalue weighted by Gasteiger charge is -2.39. The maximum absolute atomic E-state index is 13.2. The second-order valence-electron chi connectivity index (χ2n) is 7.49. The highest BCUT2D eigenvalue weighted by Gasteiger charge is 2.34. The van der Waals surface area contributed by atoms with Gasteiger partial charge >= 0.3 is 6.09 Å². The number of methoxy groups -OCH3 is 1. The fourth-order valence-electron chi connectivity index (χ4n) is 2.70. The molecule has 0 aliphatic rings. The Hall–Kier alpha value is -1.88. The Morgan fingerprint density at radius 1 is 1.36 bits per heavy atom. The monoisotopic (exact) mass is 351 g/mol. The summed E-state index contributed by atoms with van der Waals surface area (Å²) < 4.78 is 18.1. The van der Waals surface area contributed by atoms with Gasteiger partial charge in [-0.15, -0.1) is 6.58 Å². The van der Waals surface area contributed by atoms with Gasteiger partial charge in [-0.1, -0.05) is 39.0 Å². The summed E-state index contributed by atoms with van der Waals surface area (Å²) in [7, 11) is 1.35. The van der Waals surface area contributed by atoms with Crippen molar-refractivity contribution in [3.63, 3.8) is 0 Å². The molecule has 1 aromatic carbocycles. The van der Waals surface area contributed by atoms with E-state index in [1.165, 1.54) is 19.2 Å². The lowest BCUT2D eigenvalue weighted by atomic mass is 9.84. The molecular formula is C20H30FNO3. The van der Waals surface area contributed by atoms with Crippen LogP contribution in [0.5, 0.6) is 0 Å². The Bertz CT molecular complexity index is 580. The van der Waals surface area contributed by atoms with Crippen molar-refractivity contribution in [3.8, 4) is 0 Å². The van der Waals surface area contributed by atoms with E-state index in [0.717, 1.165) is 0 Å². The first kappa shape index (κ1) is 21.2. The summed E-state index contributed by atoms with van der Waals surface area (Å²) in [5.74, 6) is -0.359. The predicted molar refractivity (Wildman–Crippen MR) is 97.8 cm³/mol. The van der Waals surface area contributed by atoms with Crippen LogP contribution in [-0.2, 0) is 10.3 Å². The van der Waals surface area contributed by atoms with Crippen molar-refractivity contribution in [2.45, 2.75) is 52.2 Å². The van der Waals surface area contributed by atoms with Crippen LogP contribution in [-0.4, -0.2) is 35.8 Å². The van der Waals surface area contributed by atoms with Gasteiger partial charge in [-0.3, -0.25) is 0 Å². The van der Waals surface area contributed by atoms with Crippen molar-refractivity contribution in [2.24, 2.45) is 5.41 Å². The highest BCUT2D eigenvalue weighted by molar-refractivity contribution is 5.67. The van der Waals surface area contributed by atoms with Crippen molar-refractivity contribution in [1.82, 2.24) is 4.90 Å². The minimum Gasteiger partial charge on any atom is -0.453 e. The third kappa shape index (κ3) is 5.56. The molecular weight excluding hydrogens is 321 g/mol. The summed E-state index contributed by atoms with van der Waals surface area (Å²) in [6.07, 6.45) is 1.79. The predicted octanol–water partition coefficient (Wildman–Crippen LogP) is 4.48. The highest BCUT2D eigenvalue weighted by atomic mass is 19.1. The third-order valence-corrected chi connectivity index (χ3v) is 4.76. The van der Waals surface area contributed by atoms with Crippen LogP contribution in [0.3, 0.4) is 0 Å². The Kier molecular flexibility index (Phi) is 7.17. The molecule has 0 saturated heterocycles. The molecule has 4 nitrogen and oxygen atoms in total. The Balaban J connectivity index is 3.04. The largest absolute Gasteiger partial charge is 0.453 e. The maximum Gasteiger partial charge on any atom is 0.409 e. The molecule has 2 atom stereocenters. The number of amides is 1. The van der Waals surface area contributed by atoms with Crippen molar-refractivity contribution in [3.05, 3.63) is 48.3 Å². The normalized spacial score (nSPS) is 15.2. The van der Waals surface area contributed by atoms with Gasteiger partial charge in [-0.05, 0) is 42.9 Å². The summed E-state index contributed by atoms with van der Waals surface area (Å²) in [5, 5.41) is 11.1. The van der Waals surface area contributed by atoms with E-state index in [4.69, 9.17) is 4.74 Å². The second kappa shape index (κ2) is 8.48.